The molecule has 3 aromatic rings. The molecule has 1 aromatic heterocycles. The lowest BCUT2D eigenvalue weighted by Crippen LogP contribution is -2.19. The van der Waals surface area contributed by atoms with Crippen molar-refractivity contribution in [1.29, 1.82) is 0 Å². The van der Waals surface area contributed by atoms with Gasteiger partial charge in [-0.3, -0.25) is 9.78 Å². The second-order valence-corrected chi connectivity index (χ2v) is 8.06. The number of hydrogen-bond acceptors (Lipinski definition) is 4. The standard InChI is InChI=1S/C26H28N2O3/c1-17-10-11-20(15-28-17)18(2)25-23(19-7-4-3-5-8-19)13-22(14-24(25)26(27)29)31-16-21-9-6-12-30-21/h3-5,7-8,10-11,13-15,18,21H,6,9,12,16H2,1-2H3,(H2,27,29)/t18-,21?/m0/s1. The number of carbonyl (C=O) groups excluding carboxylic acids is 1. The zero-order valence-electron chi connectivity index (χ0n) is 18.0. The first-order valence-electron chi connectivity index (χ1n) is 10.7. The van der Waals surface area contributed by atoms with Crippen LogP contribution in [0.1, 0.15) is 52.9 Å². The third-order valence-corrected chi connectivity index (χ3v) is 5.83. The smallest absolute Gasteiger partial charge is 0.249 e. The van der Waals surface area contributed by atoms with E-state index in [1.165, 1.54) is 0 Å². The Labute approximate surface area is 183 Å². The van der Waals surface area contributed by atoms with Crippen LogP contribution >= 0.6 is 0 Å². The predicted molar refractivity (Wildman–Crippen MR) is 121 cm³/mol. The molecule has 0 saturated carbocycles. The number of aromatic nitrogens is 1. The molecule has 1 amide bonds. The van der Waals surface area contributed by atoms with E-state index >= 15 is 0 Å². The molecule has 0 spiro atoms. The highest BCUT2D eigenvalue weighted by atomic mass is 16.5. The Morgan fingerprint density at radius 3 is 2.68 bits per heavy atom. The molecule has 1 aliphatic rings. The Morgan fingerprint density at radius 2 is 2.03 bits per heavy atom. The predicted octanol–water partition coefficient (Wildman–Crippen LogP) is 4.87. The van der Waals surface area contributed by atoms with Crippen molar-refractivity contribution in [3.05, 3.63) is 83.2 Å². The van der Waals surface area contributed by atoms with Crippen molar-refractivity contribution in [2.45, 2.75) is 38.7 Å². The highest BCUT2D eigenvalue weighted by Crippen LogP contribution is 2.38. The summed E-state index contributed by atoms with van der Waals surface area (Å²) in [5.41, 5.74) is 11.1. The number of pyridine rings is 1. The number of rotatable bonds is 7. The monoisotopic (exact) mass is 416 g/mol. The Morgan fingerprint density at radius 1 is 1.23 bits per heavy atom. The van der Waals surface area contributed by atoms with E-state index in [4.69, 9.17) is 15.2 Å². The molecule has 2 atom stereocenters. The zero-order chi connectivity index (χ0) is 21.8. The van der Waals surface area contributed by atoms with E-state index in [-0.39, 0.29) is 12.0 Å². The van der Waals surface area contributed by atoms with E-state index in [2.05, 4.69) is 11.9 Å². The molecule has 31 heavy (non-hydrogen) atoms. The fraction of sp³-hybridized carbons (Fsp3) is 0.308. The molecule has 1 aliphatic heterocycles. The van der Waals surface area contributed by atoms with Gasteiger partial charge in [0.05, 0.1) is 6.10 Å². The van der Waals surface area contributed by atoms with Crippen molar-refractivity contribution < 1.29 is 14.3 Å². The van der Waals surface area contributed by atoms with Crippen molar-refractivity contribution >= 4 is 5.91 Å². The molecule has 2 heterocycles. The van der Waals surface area contributed by atoms with Crippen LogP contribution in [-0.4, -0.2) is 30.2 Å². The number of primary amides is 1. The van der Waals surface area contributed by atoms with Crippen LogP contribution in [0, 0.1) is 6.92 Å². The summed E-state index contributed by atoms with van der Waals surface area (Å²) in [7, 11) is 0. The normalized spacial score (nSPS) is 16.8. The molecule has 0 radical (unpaired) electrons. The molecule has 1 unspecified atom stereocenters. The second kappa shape index (κ2) is 9.31. The summed E-state index contributed by atoms with van der Waals surface area (Å²) in [4.78, 5) is 17.0. The van der Waals surface area contributed by atoms with Crippen LogP contribution in [0.5, 0.6) is 5.75 Å². The molecule has 1 fully saturated rings. The van der Waals surface area contributed by atoms with Crippen molar-refractivity contribution in [3.63, 3.8) is 0 Å². The quantitative estimate of drug-likeness (QED) is 0.597. The lowest BCUT2D eigenvalue weighted by molar-refractivity contribution is 0.0679. The maximum absolute atomic E-state index is 12.5. The number of hydrogen-bond donors (Lipinski definition) is 1. The highest BCUT2D eigenvalue weighted by molar-refractivity contribution is 5.97. The minimum Gasteiger partial charge on any atom is -0.491 e. The van der Waals surface area contributed by atoms with Crippen LogP contribution < -0.4 is 10.5 Å². The molecule has 5 heteroatoms. The first-order valence-corrected chi connectivity index (χ1v) is 10.7. The van der Waals surface area contributed by atoms with Gasteiger partial charge in [0, 0.05) is 30.0 Å². The van der Waals surface area contributed by atoms with Gasteiger partial charge in [-0.25, -0.2) is 0 Å². The van der Waals surface area contributed by atoms with Gasteiger partial charge in [0.1, 0.15) is 12.4 Å². The van der Waals surface area contributed by atoms with Crippen LogP contribution in [0.15, 0.2) is 60.8 Å². The Hall–Kier alpha value is -3.18. The van der Waals surface area contributed by atoms with Gasteiger partial charge >= 0.3 is 0 Å². The topological polar surface area (TPSA) is 74.4 Å². The molecule has 2 aromatic carbocycles. The van der Waals surface area contributed by atoms with Crippen molar-refractivity contribution in [2.24, 2.45) is 5.73 Å². The van der Waals surface area contributed by atoms with Gasteiger partial charge in [0.25, 0.3) is 0 Å². The summed E-state index contributed by atoms with van der Waals surface area (Å²) in [6.07, 6.45) is 4.00. The lowest BCUT2D eigenvalue weighted by Gasteiger charge is -2.22. The van der Waals surface area contributed by atoms with Crippen molar-refractivity contribution in [1.82, 2.24) is 4.98 Å². The average molecular weight is 417 g/mol. The molecule has 0 aliphatic carbocycles. The number of amides is 1. The molecular weight excluding hydrogens is 388 g/mol. The van der Waals surface area contributed by atoms with Gasteiger partial charge in [-0.05, 0) is 60.2 Å². The minimum absolute atomic E-state index is 0.0713. The first-order chi connectivity index (χ1) is 15.0. The fourth-order valence-corrected chi connectivity index (χ4v) is 4.10. The van der Waals surface area contributed by atoms with Crippen LogP contribution in [0.3, 0.4) is 0 Å². The van der Waals surface area contributed by atoms with Crippen molar-refractivity contribution in [3.8, 4) is 16.9 Å². The average Bonchev–Trinajstić information content (AvgIpc) is 3.31. The second-order valence-electron chi connectivity index (χ2n) is 8.06. The van der Waals surface area contributed by atoms with Gasteiger partial charge in [-0.2, -0.15) is 0 Å². The maximum atomic E-state index is 12.5. The van der Waals surface area contributed by atoms with Gasteiger partial charge in [-0.15, -0.1) is 0 Å². The van der Waals surface area contributed by atoms with E-state index in [0.29, 0.717) is 17.9 Å². The van der Waals surface area contributed by atoms with Crippen molar-refractivity contribution in [2.75, 3.05) is 13.2 Å². The van der Waals surface area contributed by atoms with E-state index < -0.39 is 5.91 Å². The summed E-state index contributed by atoms with van der Waals surface area (Å²) in [5.74, 6) is 0.0841. The zero-order valence-corrected chi connectivity index (χ0v) is 18.0. The third kappa shape index (κ3) is 4.78. The van der Waals surface area contributed by atoms with E-state index in [0.717, 1.165) is 47.4 Å². The number of benzene rings is 2. The van der Waals surface area contributed by atoms with E-state index in [1.54, 1.807) is 6.07 Å². The number of carbonyl (C=O) groups is 1. The Bertz CT molecular complexity index is 1040. The minimum atomic E-state index is -0.471. The summed E-state index contributed by atoms with van der Waals surface area (Å²) >= 11 is 0. The van der Waals surface area contributed by atoms with Gasteiger partial charge in [-0.1, -0.05) is 43.3 Å². The number of nitrogens with zero attached hydrogens (tertiary/aromatic N) is 1. The summed E-state index contributed by atoms with van der Waals surface area (Å²) in [6.45, 7) is 5.27. The number of aryl methyl sites for hydroxylation is 1. The molecular formula is C26H28N2O3. The fourth-order valence-electron chi connectivity index (χ4n) is 4.10. The van der Waals surface area contributed by atoms with Crippen LogP contribution in [0.25, 0.3) is 11.1 Å². The number of ether oxygens (including phenoxy) is 2. The SMILES string of the molecule is Cc1ccc([C@H](C)c2c(C(N)=O)cc(OCC3CCCO3)cc2-c2ccccc2)cn1. The van der Waals surface area contributed by atoms with Crippen LogP contribution in [0.2, 0.25) is 0 Å². The van der Waals surface area contributed by atoms with Gasteiger partial charge < -0.3 is 15.2 Å². The molecule has 2 N–H and O–H groups in total. The lowest BCUT2D eigenvalue weighted by atomic mass is 9.84. The van der Waals surface area contributed by atoms with Gasteiger partial charge in [0.15, 0.2) is 0 Å². The number of nitrogens with two attached hydrogens (primary N) is 1. The summed E-state index contributed by atoms with van der Waals surface area (Å²) in [5, 5.41) is 0. The highest BCUT2D eigenvalue weighted by Gasteiger charge is 2.24. The van der Waals surface area contributed by atoms with Crippen LogP contribution in [0.4, 0.5) is 0 Å². The van der Waals surface area contributed by atoms with E-state index in [9.17, 15) is 4.79 Å². The molecule has 5 nitrogen and oxygen atoms in total. The molecule has 160 valence electrons. The molecule has 1 saturated heterocycles. The van der Waals surface area contributed by atoms with Crippen LogP contribution in [-0.2, 0) is 4.74 Å². The largest absolute Gasteiger partial charge is 0.491 e. The third-order valence-electron chi connectivity index (χ3n) is 5.83. The summed E-state index contributed by atoms with van der Waals surface area (Å²) in [6, 6.07) is 17.8. The molecule has 0 bridgehead atoms. The first kappa shape index (κ1) is 21.1. The Balaban J connectivity index is 1.80. The summed E-state index contributed by atoms with van der Waals surface area (Å²) < 4.78 is 11.7. The van der Waals surface area contributed by atoms with E-state index in [1.807, 2.05) is 61.7 Å². The Kier molecular flexibility index (Phi) is 6.33. The van der Waals surface area contributed by atoms with Gasteiger partial charge in [0.2, 0.25) is 5.91 Å². The molecule has 4 rings (SSSR count). The maximum Gasteiger partial charge on any atom is 0.249 e.